The molecule has 1 aromatic rings. The minimum atomic E-state index is 0.604. The quantitative estimate of drug-likeness (QED) is 0.928. The van der Waals surface area contributed by atoms with Crippen LogP contribution >= 0.6 is 0 Å². The maximum absolute atomic E-state index is 6.06. The van der Waals surface area contributed by atoms with E-state index in [4.69, 9.17) is 5.73 Å². The monoisotopic (exact) mass is 287 g/mol. The van der Waals surface area contributed by atoms with Gasteiger partial charge in [-0.05, 0) is 50.3 Å². The number of anilines is 1. The van der Waals surface area contributed by atoms with Crippen LogP contribution in [0.15, 0.2) is 30.3 Å². The zero-order chi connectivity index (χ0) is 14.7. The molecular weight excluding hydrogens is 258 g/mol. The molecular formula is C18H29N3. The lowest BCUT2D eigenvalue weighted by molar-refractivity contribution is 0.0510. The molecule has 21 heavy (non-hydrogen) atoms. The highest BCUT2D eigenvalue weighted by Crippen LogP contribution is 2.29. The summed E-state index contributed by atoms with van der Waals surface area (Å²) in [7, 11) is 0. The molecule has 0 amide bonds. The molecule has 1 aromatic carbocycles. The van der Waals surface area contributed by atoms with Crippen molar-refractivity contribution in [2.45, 2.75) is 44.7 Å². The maximum atomic E-state index is 6.06. The van der Waals surface area contributed by atoms with Crippen molar-refractivity contribution in [3.8, 4) is 0 Å². The number of hydrogen-bond acceptors (Lipinski definition) is 3. The predicted octanol–water partition coefficient (Wildman–Crippen LogP) is 2.71. The van der Waals surface area contributed by atoms with Crippen LogP contribution in [0.25, 0.3) is 0 Å². The van der Waals surface area contributed by atoms with Crippen LogP contribution in [-0.2, 0) is 0 Å². The zero-order valence-corrected chi connectivity index (χ0v) is 13.2. The van der Waals surface area contributed by atoms with Crippen LogP contribution in [-0.4, -0.2) is 43.2 Å². The Labute approximate surface area is 129 Å². The van der Waals surface area contributed by atoms with E-state index in [1.54, 1.807) is 0 Å². The molecule has 0 spiro atoms. The van der Waals surface area contributed by atoms with Crippen molar-refractivity contribution in [3.63, 3.8) is 0 Å². The van der Waals surface area contributed by atoms with E-state index < -0.39 is 0 Å². The Bertz CT molecular complexity index is 425. The van der Waals surface area contributed by atoms with Crippen LogP contribution in [0, 0.1) is 5.92 Å². The molecule has 2 unspecified atom stereocenters. The second-order valence-electron chi connectivity index (χ2n) is 6.71. The molecule has 2 saturated heterocycles. The smallest absolute Gasteiger partial charge is 0.0366 e. The molecule has 2 aliphatic heterocycles. The summed E-state index contributed by atoms with van der Waals surface area (Å²) in [6.07, 6.45) is 5.24. The van der Waals surface area contributed by atoms with E-state index in [0.717, 1.165) is 18.5 Å². The van der Waals surface area contributed by atoms with E-state index in [2.05, 4.69) is 47.1 Å². The molecule has 3 rings (SSSR count). The van der Waals surface area contributed by atoms with Gasteiger partial charge in [0.2, 0.25) is 0 Å². The molecule has 0 aromatic heterocycles. The predicted molar refractivity (Wildman–Crippen MR) is 89.6 cm³/mol. The van der Waals surface area contributed by atoms with Crippen LogP contribution in [0.2, 0.25) is 0 Å². The van der Waals surface area contributed by atoms with E-state index in [9.17, 15) is 0 Å². The van der Waals surface area contributed by atoms with E-state index in [1.165, 1.54) is 51.0 Å². The average Bonchev–Trinajstić information content (AvgIpc) is 2.55. The Kier molecular flexibility index (Phi) is 4.81. The molecule has 0 aliphatic carbocycles. The normalized spacial score (nSPS) is 28.8. The van der Waals surface area contributed by atoms with Crippen molar-refractivity contribution < 1.29 is 0 Å². The molecule has 3 heteroatoms. The Morgan fingerprint density at radius 3 is 2.43 bits per heavy atom. The van der Waals surface area contributed by atoms with Gasteiger partial charge >= 0.3 is 0 Å². The van der Waals surface area contributed by atoms with Gasteiger partial charge in [-0.15, -0.1) is 0 Å². The first-order chi connectivity index (χ1) is 10.3. The van der Waals surface area contributed by atoms with Crippen molar-refractivity contribution >= 4 is 5.69 Å². The van der Waals surface area contributed by atoms with Gasteiger partial charge in [0.05, 0.1) is 0 Å². The molecule has 2 fully saturated rings. The number of rotatable bonds is 3. The molecule has 2 aliphatic rings. The molecule has 2 N–H and O–H groups in total. The fourth-order valence-electron chi connectivity index (χ4n) is 4.20. The zero-order valence-electron chi connectivity index (χ0n) is 13.2. The topological polar surface area (TPSA) is 32.5 Å². The summed E-state index contributed by atoms with van der Waals surface area (Å²) >= 11 is 0. The first-order valence-corrected chi connectivity index (χ1v) is 8.55. The van der Waals surface area contributed by atoms with Gasteiger partial charge in [0.15, 0.2) is 0 Å². The summed E-state index contributed by atoms with van der Waals surface area (Å²) in [5.74, 6) is 0.760. The number of nitrogens with two attached hydrogens (primary N) is 1. The third-order valence-corrected chi connectivity index (χ3v) is 5.45. The Morgan fingerprint density at radius 1 is 1.05 bits per heavy atom. The van der Waals surface area contributed by atoms with E-state index in [1.807, 2.05) is 0 Å². The molecule has 0 radical (unpaired) electrons. The van der Waals surface area contributed by atoms with Gasteiger partial charge in [-0.3, -0.25) is 4.90 Å². The van der Waals surface area contributed by atoms with E-state index in [-0.39, 0.29) is 0 Å². The number of para-hydroxylation sites is 1. The number of hydrogen-bond donors (Lipinski definition) is 1. The lowest BCUT2D eigenvalue weighted by Gasteiger charge is -2.47. The number of piperidine rings is 2. The minimum Gasteiger partial charge on any atom is -0.371 e. The van der Waals surface area contributed by atoms with Gasteiger partial charge < -0.3 is 10.6 Å². The second kappa shape index (κ2) is 6.80. The summed E-state index contributed by atoms with van der Waals surface area (Å²) in [5, 5.41) is 0. The fourth-order valence-corrected chi connectivity index (χ4v) is 4.20. The van der Waals surface area contributed by atoms with Gasteiger partial charge in [-0.1, -0.05) is 25.1 Å². The van der Waals surface area contributed by atoms with E-state index >= 15 is 0 Å². The summed E-state index contributed by atoms with van der Waals surface area (Å²) in [5.41, 5.74) is 7.43. The maximum Gasteiger partial charge on any atom is 0.0366 e. The van der Waals surface area contributed by atoms with E-state index in [0.29, 0.717) is 6.04 Å². The van der Waals surface area contributed by atoms with Crippen molar-refractivity contribution in [2.75, 3.05) is 31.1 Å². The highest BCUT2D eigenvalue weighted by atomic mass is 15.2. The highest BCUT2D eigenvalue weighted by Gasteiger charge is 2.33. The molecule has 3 nitrogen and oxygen atoms in total. The third kappa shape index (κ3) is 3.24. The third-order valence-electron chi connectivity index (χ3n) is 5.45. The summed E-state index contributed by atoms with van der Waals surface area (Å²) in [4.78, 5) is 5.26. The first-order valence-electron chi connectivity index (χ1n) is 8.55. The number of likely N-dealkylation sites (tertiary alicyclic amines) is 1. The average molecular weight is 287 g/mol. The van der Waals surface area contributed by atoms with Crippen LogP contribution in [0.1, 0.15) is 32.6 Å². The minimum absolute atomic E-state index is 0.604. The van der Waals surface area contributed by atoms with Crippen LogP contribution < -0.4 is 10.6 Å². The van der Waals surface area contributed by atoms with Crippen molar-refractivity contribution in [2.24, 2.45) is 11.7 Å². The Morgan fingerprint density at radius 2 is 1.76 bits per heavy atom. The summed E-state index contributed by atoms with van der Waals surface area (Å²) in [6, 6.07) is 12.2. The number of benzene rings is 1. The number of nitrogens with zero attached hydrogens (tertiary/aromatic N) is 2. The summed E-state index contributed by atoms with van der Waals surface area (Å²) < 4.78 is 0. The van der Waals surface area contributed by atoms with Gasteiger partial charge in [-0.25, -0.2) is 0 Å². The van der Waals surface area contributed by atoms with Crippen molar-refractivity contribution in [3.05, 3.63) is 30.3 Å². The van der Waals surface area contributed by atoms with Gasteiger partial charge in [-0.2, -0.15) is 0 Å². The van der Waals surface area contributed by atoms with Gasteiger partial charge in [0.25, 0.3) is 0 Å². The molecule has 2 heterocycles. The summed E-state index contributed by atoms with van der Waals surface area (Å²) in [6.45, 7) is 6.80. The SMILES string of the molecule is CC1CCCN(C2CCN(c3ccccc3)CC2)C1CN. The Hall–Kier alpha value is -1.06. The van der Waals surface area contributed by atoms with Gasteiger partial charge in [0, 0.05) is 37.4 Å². The molecule has 2 atom stereocenters. The molecule has 116 valence electrons. The van der Waals surface area contributed by atoms with Gasteiger partial charge in [0.1, 0.15) is 0 Å². The lowest BCUT2D eigenvalue weighted by atomic mass is 9.87. The fraction of sp³-hybridized carbons (Fsp3) is 0.667. The largest absolute Gasteiger partial charge is 0.371 e. The molecule has 0 saturated carbocycles. The lowest BCUT2D eigenvalue weighted by Crippen LogP contribution is -2.55. The van der Waals surface area contributed by atoms with Crippen molar-refractivity contribution in [1.82, 2.24) is 4.90 Å². The van der Waals surface area contributed by atoms with Crippen LogP contribution in [0.3, 0.4) is 0 Å². The van der Waals surface area contributed by atoms with Crippen LogP contribution in [0.4, 0.5) is 5.69 Å². The second-order valence-corrected chi connectivity index (χ2v) is 6.71. The first kappa shape index (κ1) is 14.9. The highest BCUT2D eigenvalue weighted by molar-refractivity contribution is 5.46. The Balaban J connectivity index is 1.60. The van der Waals surface area contributed by atoms with Crippen LogP contribution in [0.5, 0.6) is 0 Å². The molecule has 0 bridgehead atoms. The van der Waals surface area contributed by atoms with Crippen molar-refractivity contribution in [1.29, 1.82) is 0 Å². The standard InChI is InChI=1S/C18H29N3/c1-15-6-5-11-21(18(15)14-19)17-9-12-20(13-10-17)16-7-3-2-4-8-16/h2-4,7-8,15,17-18H,5-6,9-14,19H2,1H3.